The second kappa shape index (κ2) is 17.3. The Balaban J connectivity index is 1.48. The minimum absolute atomic E-state index is 0.0661. The van der Waals surface area contributed by atoms with E-state index in [4.69, 9.17) is 60.6 Å². The molecule has 0 amide bonds. The fourth-order valence-electron chi connectivity index (χ4n) is 7.25. The lowest BCUT2D eigenvalue weighted by atomic mass is 9.64. The number of benzene rings is 4. The van der Waals surface area contributed by atoms with Crippen LogP contribution in [0.3, 0.4) is 0 Å². The zero-order chi connectivity index (χ0) is 37.7. The first-order valence-corrected chi connectivity index (χ1v) is 19.0. The normalized spacial score (nSPS) is 18.7. The van der Waals surface area contributed by atoms with Crippen LogP contribution in [0.2, 0.25) is 20.1 Å². The summed E-state index contributed by atoms with van der Waals surface area (Å²) >= 11 is 25.0. The topological polar surface area (TPSA) is 65.0 Å². The van der Waals surface area contributed by atoms with Gasteiger partial charge in [0, 0.05) is 17.4 Å². The maximum atomic E-state index is 14.1. The van der Waals surface area contributed by atoms with Crippen molar-refractivity contribution in [2.75, 3.05) is 0 Å². The number of aliphatic hydroxyl groups excluding tert-OH is 1. The molecule has 1 aliphatic carbocycles. The van der Waals surface area contributed by atoms with Gasteiger partial charge in [-0.3, -0.25) is 0 Å². The molecule has 52 heavy (non-hydrogen) atoms. The number of hydrogen-bond acceptors (Lipinski definition) is 5. The third kappa shape index (κ3) is 9.29. The Hall–Kier alpha value is -3.19. The molecule has 1 fully saturated rings. The molecule has 1 N–H and O–H groups in total. The predicted molar refractivity (Wildman–Crippen MR) is 212 cm³/mol. The first kappa shape index (κ1) is 40.0. The lowest BCUT2D eigenvalue weighted by molar-refractivity contribution is -0.167. The van der Waals surface area contributed by atoms with Crippen LogP contribution in [-0.2, 0) is 28.2 Å². The van der Waals surface area contributed by atoms with Crippen LogP contribution in [0, 0.1) is 18.8 Å². The summed E-state index contributed by atoms with van der Waals surface area (Å²) in [5.41, 5.74) is 4.37. The average Bonchev–Trinajstić information content (AvgIpc) is 3.10. The fourth-order valence-corrected chi connectivity index (χ4v) is 7.89. The molecule has 0 bridgehead atoms. The van der Waals surface area contributed by atoms with Gasteiger partial charge in [0.05, 0.1) is 20.1 Å². The Morgan fingerprint density at radius 3 is 1.98 bits per heavy atom. The van der Waals surface area contributed by atoms with Gasteiger partial charge in [-0.25, -0.2) is 4.79 Å². The maximum absolute atomic E-state index is 14.1. The number of halogens is 4. The van der Waals surface area contributed by atoms with E-state index < -0.39 is 18.0 Å². The van der Waals surface area contributed by atoms with Crippen LogP contribution in [0.25, 0.3) is 0 Å². The average molecular weight is 785 g/mol. The van der Waals surface area contributed by atoms with Crippen molar-refractivity contribution in [2.24, 2.45) is 11.8 Å². The van der Waals surface area contributed by atoms with Crippen molar-refractivity contribution in [3.8, 4) is 11.5 Å². The van der Waals surface area contributed by atoms with Gasteiger partial charge in [0.15, 0.2) is 17.6 Å². The second-order valence-corrected chi connectivity index (χ2v) is 16.2. The van der Waals surface area contributed by atoms with Crippen molar-refractivity contribution in [3.05, 3.63) is 139 Å². The molecular formula is C43H46Cl4O5. The second-order valence-electron chi connectivity index (χ2n) is 14.6. The van der Waals surface area contributed by atoms with E-state index >= 15 is 0 Å². The summed E-state index contributed by atoms with van der Waals surface area (Å²) in [6.45, 7) is 14.8. The van der Waals surface area contributed by atoms with Crippen molar-refractivity contribution in [3.63, 3.8) is 0 Å². The number of rotatable bonds is 13. The molecule has 1 saturated carbocycles. The summed E-state index contributed by atoms with van der Waals surface area (Å²) in [6.07, 6.45) is 0.728. The lowest BCUT2D eigenvalue weighted by Gasteiger charge is -2.44. The zero-order valence-electron chi connectivity index (χ0n) is 30.2. The highest BCUT2D eigenvalue weighted by Crippen LogP contribution is 2.46. The van der Waals surface area contributed by atoms with E-state index in [2.05, 4.69) is 39.5 Å². The first-order chi connectivity index (χ1) is 24.7. The first-order valence-electron chi connectivity index (χ1n) is 17.5. The maximum Gasteiger partial charge on any atom is 0.336 e. The van der Waals surface area contributed by atoms with E-state index in [-0.39, 0.29) is 30.7 Å². The standard InChI is InChI=1S/C43H46Cl4O5/c1-25(2)38(39(48)42(49)52-37-20-26(3)12-17-32(37)43(5,6)30-10-8-7-9-11-30)31-16-13-27(4)40(50-23-28-14-18-33(44)35(46)21-28)41(31)51-24-29-15-19-34(45)36(47)22-29/h7-11,13-16,18-19,21-22,26,32,37-39,48H,1,12,17,20,23-24H2,2-6H3/t26-,32-,37-,38-,39+/m1/s1. The van der Waals surface area contributed by atoms with E-state index in [1.807, 2.05) is 49.4 Å². The molecule has 5 rings (SSSR count). The number of aliphatic hydroxyl groups is 1. The fraction of sp³-hybridized carbons (Fsp3) is 0.372. The molecular weight excluding hydrogens is 738 g/mol. The molecule has 0 unspecified atom stereocenters. The van der Waals surface area contributed by atoms with E-state index in [1.165, 1.54) is 5.56 Å². The van der Waals surface area contributed by atoms with E-state index in [0.717, 1.165) is 29.5 Å². The Morgan fingerprint density at radius 2 is 1.42 bits per heavy atom. The number of hydrogen-bond donors (Lipinski definition) is 1. The Kier molecular flexibility index (Phi) is 13.3. The molecule has 276 valence electrons. The molecule has 0 spiro atoms. The van der Waals surface area contributed by atoms with Crippen LogP contribution >= 0.6 is 46.4 Å². The zero-order valence-corrected chi connectivity index (χ0v) is 33.3. The summed E-state index contributed by atoms with van der Waals surface area (Å²) in [6, 6.07) is 24.6. The monoisotopic (exact) mass is 782 g/mol. The quantitative estimate of drug-likeness (QED) is 0.108. The molecule has 5 nitrogen and oxygen atoms in total. The predicted octanol–water partition coefficient (Wildman–Crippen LogP) is 12.1. The molecule has 9 heteroatoms. The Morgan fingerprint density at radius 1 is 0.846 bits per heavy atom. The van der Waals surface area contributed by atoms with Gasteiger partial charge >= 0.3 is 5.97 Å². The SMILES string of the molecule is C=C(C)[C@H](c1ccc(C)c(OCc2ccc(Cl)c(Cl)c2)c1OCc1ccc(Cl)c(Cl)c1)[C@H](O)C(=O)O[C@@H]1C[C@H](C)CC[C@H]1C(C)(C)c1ccccc1. The van der Waals surface area contributed by atoms with Crippen molar-refractivity contribution in [1.29, 1.82) is 0 Å². The van der Waals surface area contributed by atoms with E-state index in [0.29, 0.717) is 55.1 Å². The van der Waals surface area contributed by atoms with Gasteiger partial charge in [-0.05, 0) is 84.5 Å². The van der Waals surface area contributed by atoms with Gasteiger partial charge < -0.3 is 19.3 Å². The van der Waals surface area contributed by atoms with Crippen LogP contribution < -0.4 is 9.47 Å². The van der Waals surface area contributed by atoms with Crippen LogP contribution in [0.4, 0.5) is 0 Å². The number of carbonyl (C=O) groups is 1. The number of ether oxygens (including phenoxy) is 3. The molecule has 5 atom stereocenters. The third-order valence-electron chi connectivity index (χ3n) is 10.3. The molecule has 0 heterocycles. The highest BCUT2D eigenvalue weighted by atomic mass is 35.5. The van der Waals surface area contributed by atoms with Gasteiger partial charge in [-0.1, -0.05) is 140 Å². The summed E-state index contributed by atoms with van der Waals surface area (Å²) in [7, 11) is 0. The van der Waals surface area contributed by atoms with E-state index in [1.54, 1.807) is 31.2 Å². The minimum Gasteiger partial charge on any atom is -0.485 e. The molecule has 0 radical (unpaired) electrons. The van der Waals surface area contributed by atoms with Gasteiger partial charge in [-0.15, -0.1) is 0 Å². The van der Waals surface area contributed by atoms with Crippen LogP contribution in [0.15, 0.2) is 91.0 Å². The van der Waals surface area contributed by atoms with Gasteiger partial charge in [0.25, 0.3) is 0 Å². The Bertz CT molecular complexity index is 1890. The summed E-state index contributed by atoms with van der Waals surface area (Å²) in [5, 5.41) is 13.6. The largest absolute Gasteiger partial charge is 0.485 e. The number of esters is 1. The number of carbonyl (C=O) groups excluding carboxylic acids is 1. The summed E-state index contributed by atoms with van der Waals surface area (Å²) < 4.78 is 19.3. The van der Waals surface area contributed by atoms with Crippen molar-refractivity contribution in [2.45, 2.75) is 90.6 Å². The molecule has 1 aliphatic rings. The van der Waals surface area contributed by atoms with Crippen LogP contribution in [-0.4, -0.2) is 23.3 Å². The molecule has 0 aromatic heterocycles. The van der Waals surface area contributed by atoms with E-state index in [9.17, 15) is 9.90 Å². The van der Waals surface area contributed by atoms with Gasteiger partial charge in [-0.2, -0.15) is 0 Å². The summed E-state index contributed by atoms with van der Waals surface area (Å²) in [5.74, 6) is -0.317. The molecule has 4 aromatic rings. The van der Waals surface area contributed by atoms with Crippen molar-refractivity contribution >= 4 is 52.4 Å². The third-order valence-corrected chi connectivity index (χ3v) is 11.7. The number of aryl methyl sites for hydroxylation is 1. The van der Waals surface area contributed by atoms with Crippen LogP contribution in [0.5, 0.6) is 11.5 Å². The van der Waals surface area contributed by atoms with Gasteiger partial charge in [0.2, 0.25) is 0 Å². The highest BCUT2D eigenvalue weighted by molar-refractivity contribution is 6.42. The molecule has 4 aromatic carbocycles. The molecule has 0 saturated heterocycles. The lowest BCUT2D eigenvalue weighted by Crippen LogP contribution is -2.45. The highest BCUT2D eigenvalue weighted by Gasteiger charge is 2.43. The van der Waals surface area contributed by atoms with Gasteiger partial charge in [0.1, 0.15) is 19.3 Å². The van der Waals surface area contributed by atoms with Crippen molar-refractivity contribution in [1.82, 2.24) is 0 Å². The summed E-state index contributed by atoms with van der Waals surface area (Å²) in [4.78, 5) is 14.1. The Labute approximate surface area is 327 Å². The molecule has 0 aliphatic heterocycles. The van der Waals surface area contributed by atoms with Crippen LogP contribution in [0.1, 0.15) is 80.7 Å². The smallest absolute Gasteiger partial charge is 0.336 e. The minimum atomic E-state index is -1.56. The van der Waals surface area contributed by atoms with Crippen molar-refractivity contribution < 1.29 is 24.1 Å².